The van der Waals surface area contributed by atoms with Crippen molar-refractivity contribution in [2.45, 2.75) is 18.9 Å². The molecule has 1 fully saturated rings. The Bertz CT molecular complexity index is 674. The van der Waals surface area contributed by atoms with Gasteiger partial charge in [0.15, 0.2) is 0 Å². The van der Waals surface area contributed by atoms with Gasteiger partial charge in [-0.3, -0.25) is 15.1 Å². The molecular formula is C15H18N4O2. The van der Waals surface area contributed by atoms with Crippen molar-refractivity contribution in [3.05, 3.63) is 40.7 Å². The van der Waals surface area contributed by atoms with Crippen molar-refractivity contribution in [2.24, 2.45) is 0 Å². The fourth-order valence-corrected chi connectivity index (χ4v) is 3.17. The molecule has 21 heavy (non-hydrogen) atoms. The van der Waals surface area contributed by atoms with Gasteiger partial charge in [-0.2, -0.15) is 0 Å². The van der Waals surface area contributed by atoms with E-state index >= 15 is 0 Å². The lowest BCUT2D eigenvalue weighted by Gasteiger charge is -2.27. The average molecular weight is 286 g/mol. The second kappa shape index (κ2) is 5.65. The van der Waals surface area contributed by atoms with Gasteiger partial charge in [0.25, 0.3) is 5.69 Å². The summed E-state index contributed by atoms with van der Waals surface area (Å²) in [5.74, 6) is 0. The summed E-state index contributed by atoms with van der Waals surface area (Å²) in [5.41, 5.74) is 1.18. The topological polar surface area (TPSA) is 71.3 Å². The molecule has 0 saturated carbocycles. The van der Waals surface area contributed by atoms with Crippen LogP contribution in [-0.2, 0) is 0 Å². The number of benzene rings is 1. The van der Waals surface area contributed by atoms with Gasteiger partial charge >= 0.3 is 0 Å². The van der Waals surface area contributed by atoms with Crippen LogP contribution in [0.25, 0.3) is 10.8 Å². The fraction of sp³-hybridized carbons (Fsp3) is 0.400. The highest BCUT2D eigenvalue weighted by atomic mass is 16.6. The third-order valence-electron chi connectivity index (χ3n) is 4.10. The van der Waals surface area contributed by atoms with Crippen molar-refractivity contribution in [3.8, 4) is 0 Å². The maximum absolute atomic E-state index is 11.2. The minimum Gasteiger partial charge on any atom is -0.367 e. The van der Waals surface area contributed by atoms with Crippen LogP contribution in [0.15, 0.2) is 30.6 Å². The smallest absolute Gasteiger partial charge is 0.278 e. The molecule has 0 radical (unpaired) electrons. The zero-order valence-corrected chi connectivity index (χ0v) is 12.0. The maximum Gasteiger partial charge on any atom is 0.278 e. The van der Waals surface area contributed by atoms with Gasteiger partial charge in [-0.25, -0.2) is 0 Å². The molecule has 0 spiro atoms. The minimum atomic E-state index is -0.344. The molecule has 0 bridgehead atoms. The van der Waals surface area contributed by atoms with E-state index in [1.165, 1.54) is 0 Å². The van der Waals surface area contributed by atoms with Crippen molar-refractivity contribution in [2.75, 3.05) is 25.0 Å². The van der Waals surface area contributed by atoms with Gasteiger partial charge in [0.1, 0.15) is 0 Å². The summed E-state index contributed by atoms with van der Waals surface area (Å²) < 4.78 is 0. The molecule has 1 unspecified atom stereocenters. The number of fused-ring (bicyclic) bond motifs is 1. The standard InChI is InChI=1S/C15H18N4O2/c1-16-9-11-3-2-8-18(11)14-4-5-15(19(20)21)13-10-17-7-6-12(13)14/h4-7,10-11,16H,2-3,8-9H2,1H3. The van der Waals surface area contributed by atoms with Crippen LogP contribution in [0.3, 0.4) is 0 Å². The van der Waals surface area contributed by atoms with Gasteiger partial charge in [-0.15, -0.1) is 0 Å². The molecular weight excluding hydrogens is 268 g/mol. The summed E-state index contributed by atoms with van der Waals surface area (Å²) in [5, 5.41) is 15.9. The van der Waals surface area contributed by atoms with Crippen LogP contribution in [0.5, 0.6) is 0 Å². The summed E-state index contributed by atoms with van der Waals surface area (Å²) in [7, 11) is 1.95. The van der Waals surface area contributed by atoms with Gasteiger partial charge in [0.05, 0.1) is 10.3 Å². The van der Waals surface area contributed by atoms with Gasteiger partial charge in [0, 0.05) is 48.7 Å². The van der Waals surface area contributed by atoms with E-state index in [0.717, 1.165) is 37.0 Å². The van der Waals surface area contributed by atoms with Crippen LogP contribution in [-0.4, -0.2) is 36.1 Å². The predicted octanol–water partition coefficient (Wildman–Crippen LogP) is 2.33. The Hall–Kier alpha value is -2.21. The predicted molar refractivity (Wildman–Crippen MR) is 82.7 cm³/mol. The Balaban J connectivity index is 2.11. The number of nitrogens with zero attached hydrogens (tertiary/aromatic N) is 3. The van der Waals surface area contributed by atoms with Crippen LogP contribution in [0.2, 0.25) is 0 Å². The Kier molecular flexibility index (Phi) is 3.70. The van der Waals surface area contributed by atoms with E-state index in [-0.39, 0.29) is 10.6 Å². The summed E-state index contributed by atoms with van der Waals surface area (Å²) in [6.07, 6.45) is 5.57. The zero-order valence-electron chi connectivity index (χ0n) is 12.0. The number of pyridine rings is 1. The minimum absolute atomic E-state index is 0.117. The molecule has 1 saturated heterocycles. The van der Waals surface area contributed by atoms with Gasteiger partial charge < -0.3 is 10.2 Å². The first-order valence-electron chi connectivity index (χ1n) is 7.14. The number of non-ortho nitro benzene ring substituents is 1. The number of anilines is 1. The number of nitro groups is 1. The molecule has 1 atom stereocenters. The van der Waals surface area contributed by atoms with E-state index in [0.29, 0.717) is 11.4 Å². The van der Waals surface area contributed by atoms with E-state index in [1.54, 1.807) is 18.5 Å². The molecule has 3 rings (SSSR count). The summed E-state index contributed by atoms with van der Waals surface area (Å²) in [4.78, 5) is 17.2. The Morgan fingerprint density at radius 1 is 1.43 bits per heavy atom. The second-order valence-corrected chi connectivity index (χ2v) is 5.33. The largest absolute Gasteiger partial charge is 0.367 e. The highest BCUT2D eigenvalue weighted by Crippen LogP contribution is 2.36. The van der Waals surface area contributed by atoms with E-state index in [4.69, 9.17) is 0 Å². The highest BCUT2D eigenvalue weighted by molar-refractivity contribution is 5.99. The Labute approximate surface area is 122 Å². The Morgan fingerprint density at radius 2 is 2.29 bits per heavy atom. The van der Waals surface area contributed by atoms with E-state index in [1.807, 2.05) is 19.2 Å². The fourth-order valence-electron chi connectivity index (χ4n) is 3.17. The molecule has 0 aliphatic carbocycles. The molecule has 1 aliphatic heterocycles. The highest BCUT2D eigenvalue weighted by Gasteiger charge is 2.26. The number of hydrogen-bond acceptors (Lipinski definition) is 5. The van der Waals surface area contributed by atoms with Gasteiger partial charge in [-0.1, -0.05) is 0 Å². The summed E-state index contributed by atoms with van der Waals surface area (Å²) >= 11 is 0. The number of nitro benzene ring substituents is 1. The maximum atomic E-state index is 11.2. The van der Waals surface area contributed by atoms with Gasteiger partial charge in [-0.05, 0) is 32.0 Å². The normalized spacial score (nSPS) is 18.3. The third kappa shape index (κ3) is 2.42. The van der Waals surface area contributed by atoms with Crippen molar-refractivity contribution in [3.63, 3.8) is 0 Å². The molecule has 1 N–H and O–H groups in total. The zero-order chi connectivity index (χ0) is 14.8. The summed E-state index contributed by atoms with van der Waals surface area (Å²) in [6.45, 7) is 1.91. The number of rotatable bonds is 4. The second-order valence-electron chi connectivity index (χ2n) is 5.33. The SMILES string of the molecule is CNCC1CCCN1c1ccc([N+](=O)[O-])c2cnccc12. The van der Waals surface area contributed by atoms with Crippen molar-refractivity contribution >= 4 is 22.1 Å². The number of likely N-dealkylation sites (N-methyl/N-ethyl adjacent to an activating group) is 1. The van der Waals surface area contributed by atoms with Crippen LogP contribution in [0.4, 0.5) is 11.4 Å². The monoisotopic (exact) mass is 286 g/mol. The van der Waals surface area contributed by atoms with E-state index in [2.05, 4.69) is 15.2 Å². The first kappa shape index (κ1) is 13.8. The Morgan fingerprint density at radius 3 is 3.05 bits per heavy atom. The molecule has 2 heterocycles. The number of nitrogens with one attached hydrogen (secondary N) is 1. The molecule has 2 aromatic rings. The van der Waals surface area contributed by atoms with Gasteiger partial charge in [0.2, 0.25) is 0 Å². The molecule has 1 aromatic carbocycles. The lowest BCUT2D eigenvalue weighted by atomic mass is 10.1. The first-order valence-corrected chi connectivity index (χ1v) is 7.14. The average Bonchev–Trinajstić information content (AvgIpc) is 2.94. The van der Waals surface area contributed by atoms with Crippen LogP contribution in [0.1, 0.15) is 12.8 Å². The quantitative estimate of drug-likeness (QED) is 0.690. The third-order valence-corrected chi connectivity index (χ3v) is 4.10. The number of aromatic nitrogens is 1. The van der Waals surface area contributed by atoms with Crippen molar-refractivity contribution in [1.29, 1.82) is 0 Å². The molecule has 1 aromatic heterocycles. The van der Waals surface area contributed by atoms with Crippen molar-refractivity contribution in [1.82, 2.24) is 10.3 Å². The number of hydrogen-bond donors (Lipinski definition) is 1. The molecule has 110 valence electrons. The lowest BCUT2D eigenvalue weighted by Crippen LogP contribution is -2.36. The van der Waals surface area contributed by atoms with Crippen LogP contribution in [0, 0.1) is 10.1 Å². The van der Waals surface area contributed by atoms with E-state index in [9.17, 15) is 10.1 Å². The molecule has 0 amide bonds. The molecule has 6 nitrogen and oxygen atoms in total. The van der Waals surface area contributed by atoms with Crippen molar-refractivity contribution < 1.29 is 4.92 Å². The molecule has 1 aliphatic rings. The first-order chi connectivity index (χ1) is 10.2. The van der Waals surface area contributed by atoms with Crippen LogP contribution < -0.4 is 10.2 Å². The summed E-state index contributed by atoms with van der Waals surface area (Å²) in [6, 6.07) is 5.77. The van der Waals surface area contributed by atoms with E-state index < -0.39 is 0 Å². The lowest BCUT2D eigenvalue weighted by molar-refractivity contribution is -0.383. The molecule has 6 heteroatoms. The van der Waals surface area contributed by atoms with Crippen LogP contribution >= 0.6 is 0 Å².